The van der Waals surface area contributed by atoms with Gasteiger partial charge >= 0.3 is 0 Å². The van der Waals surface area contributed by atoms with E-state index in [9.17, 15) is 4.79 Å². The predicted octanol–water partition coefficient (Wildman–Crippen LogP) is 3.29. The molecule has 1 fully saturated rings. The fraction of sp³-hybridized carbons (Fsp3) is 0.261. The Morgan fingerprint density at radius 1 is 0.897 bits per heavy atom. The lowest BCUT2D eigenvalue weighted by Gasteiger charge is -2.36. The lowest BCUT2D eigenvalue weighted by Crippen LogP contribution is -2.47. The van der Waals surface area contributed by atoms with Crippen LogP contribution in [0, 0.1) is 6.92 Å². The normalized spacial score (nSPS) is 14.0. The predicted molar refractivity (Wildman–Crippen MR) is 116 cm³/mol. The Morgan fingerprint density at radius 2 is 1.52 bits per heavy atom. The highest BCUT2D eigenvalue weighted by Crippen LogP contribution is 2.21. The van der Waals surface area contributed by atoms with Crippen LogP contribution >= 0.6 is 0 Å². The van der Waals surface area contributed by atoms with Crippen LogP contribution in [0.1, 0.15) is 11.1 Å². The molecule has 3 aromatic rings. The number of amides is 1. The number of hydrogen-bond donors (Lipinski definition) is 1. The van der Waals surface area contributed by atoms with Crippen LogP contribution in [0.5, 0.6) is 0 Å². The Bertz CT molecular complexity index is 933. The van der Waals surface area contributed by atoms with Gasteiger partial charge in [0, 0.05) is 49.9 Å². The molecule has 1 amide bonds. The Labute approximate surface area is 171 Å². The van der Waals surface area contributed by atoms with Crippen molar-refractivity contribution in [2.24, 2.45) is 0 Å². The van der Waals surface area contributed by atoms with Gasteiger partial charge in [0.2, 0.25) is 11.9 Å². The molecule has 2 aromatic carbocycles. The Morgan fingerprint density at radius 3 is 2.17 bits per heavy atom. The minimum Gasteiger partial charge on any atom is -0.368 e. The van der Waals surface area contributed by atoms with Crippen LogP contribution in [0.15, 0.2) is 67.0 Å². The van der Waals surface area contributed by atoms with Crippen molar-refractivity contribution in [1.29, 1.82) is 0 Å². The molecule has 148 valence electrons. The standard InChI is InChI=1S/C23H25N5O/c1-18-3-5-19(6-4-18)17-22(29)26-20-7-9-21(10-8-20)27-13-15-28(16-14-27)23-24-11-2-12-25-23/h2-12H,13-17H2,1H3,(H,26,29). The van der Waals surface area contributed by atoms with Gasteiger partial charge in [0.05, 0.1) is 6.42 Å². The number of aryl methyl sites for hydroxylation is 1. The third-order valence-corrected chi connectivity index (χ3v) is 5.12. The molecule has 0 unspecified atom stereocenters. The van der Waals surface area contributed by atoms with Gasteiger partial charge in [0.1, 0.15) is 0 Å². The number of rotatable bonds is 5. The number of aromatic nitrogens is 2. The van der Waals surface area contributed by atoms with Crippen LogP contribution in [-0.2, 0) is 11.2 Å². The van der Waals surface area contributed by atoms with Crippen molar-refractivity contribution in [1.82, 2.24) is 9.97 Å². The highest BCUT2D eigenvalue weighted by Gasteiger charge is 2.19. The monoisotopic (exact) mass is 387 g/mol. The maximum Gasteiger partial charge on any atom is 0.228 e. The lowest BCUT2D eigenvalue weighted by atomic mass is 10.1. The fourth-order valence-corrected chi connectivity index (χ4v) is 3.47. The van der Waals surface area contributed by atoms with Crippen LogP contribution in [-0.4, -0.2) is 42.1 Å². The quantitative estimate of drug-likeness (QED) is 0.728. The minimum atomic E-state index is -0.00178. The molecular weight excluding hydrogens is 362 g/mol. The second-order valence-corrected chi connectivity index (χ2v) is 7.28. The average molecular weight is 387 g/mol. The summed E-state index contributed by atoms with van der Waals surface area (Å²) < 4.78 is 0. The number of piperazine rings is 1. The van der Waals surface area contributed by atoms with E-state index >= 15 is 0 Å². The van der Waals surface area contributed by atoms with Crippen molar-refractivity contribution >= 4 is 23.2 Å². The largest absolute Gasteiger partial charge is 0.368 e. The second kappa shape index (κ2) is 8.73. The van der Waals surface area contributed by atoms with E-state index in [1.54, 1.807) is 12.4 Å². The maximum absolute atomic E-state index is 12.3. The molecule has 2 heterocycles. The molecule has 0 bridgehead atoms. The Balaban J connectivity index is 1.30. The molecule has 0 spiro atoms. The first-order valence-corrected chi connectivity index (χ1v) is 9.90. The Hall–Kier alpha value is -3.41. The van der Waals surface area contributed by atoms with Gasteiger partial charge in [-0.1, -0.05) is 29.8 Å². The molecule has 1 aliphatic heterocycles. The molecule has 1 saturated heterocycles. The summed E-state index contributed by atoms with van der Waals surface area (Å²) >= 11 is 0. The molecule has 0 aliphatic carbocycles. The highest BCUT2D eigenvalue weighted by atomic mass is 16.1. The highest BCUT2D eigenvalue weighted by molar-refractivity contribution is 5.92. The van der Waals surface area contributed by atoms with E-state index in [0.29, 0.717) is 6.42 Å². The van der Waals surface area contributed by atoms with Crippen LogP contribution in [0.25, 0.3) is 0 Å². The molecule has 4 rings (SSSR count). The van der Waals surface area contributed by atoms with Crippen molar-refractivity contribution in [2.45, 2.75) is 13.3 Å². The summed E-state index contributed by atoms with van der Waals surface area (Å²) in [4.78, 5) is 25.5. The molecule has 29 heavy (non-hydrogen) atoms. The number of nitrogens with one attached hydrogen (secondary N) is 1. The molecule has 1 N–H and O–H groups in total. The number of nitrogens with zero attached hydrogens (tertiary/aromatic N) is 4. The molecule has 6 nitrogen and oxygen atoms in total. The summed E-state index contributed by atoms with van der Waals surface area (Å²) in [6.45, 7) is 5.65. The van der Waals surface area contributed by atoms with Crippen molar-refractivity contribution in [3.05, 3.63) is 78.1 Å². The van der Waals surface area contributed by atoms with E-state index in [-0.39, 0.29) is 5.91 Å². The van der Waals surface area contributed by atoms with Gasteiger partial charge in [-0.15, -0.1) is 0 Å². The zero-order valence-corrected chi connectivity index (χ0v) is 16.6. The molecular formula is C23H25N5O. The Kier molecular flexibility index (Phi) is 5.70. The van der Waals surface area contributed by atoms with Crippen molar-refractivity contribution in [3.8, 4) is 0 Å². The third-order valence-electron chi connectivity index (χ3n) is 5.12. The van der Waals surface area contributed by atoms with Crippen LogP contribution in [0.4, 0.5) is 17.3 Å². The topological polar surface area (TPSA) is 61.4 Å². The SMILES string of the molecule is Cc1ccc(CC(=O)Nc2ccc(N3CCN(c4ncccn4)CC3)cc2)cc1. The van der Waals surface area contributed by atoms with Gasteiger partial charge in [-0.2, -0.15) is 0 Å². The third kappa shape index (κ3) is 4.90. The number of carbonyl (C=O) groups is 1. The molecule has 1 aliphatic rings. The first-order chi connectivity index (χ1) is 14.2. The summed E-state index contributed by atoms with van der Waals surface area (Å²) in [5, 5.41) is 2.98. The van der Waals surface area contributed by atoms with Crippen molar-refractivity contribution in [2.75, 3.05) is 41.3 Å². The van der Waals surface area contributed by atoms with Gasteiger partial charge in [0.25, 0.3) is 0 Å². The summed E-state index contributed by atoms with van der Waals surface area (Å²) in [7, 11) is 0. The van der Waals surface area contributed by atoms with E-state index in [2.05, 4.69) is 37.2 Å². The summed E-state index contributed by atoms with van der Waals surface area (Å²) in [6, 6.07) is 18.0. The average Bonchev–Trinajstić information content (AvgIpc) is 2.77. The summed E-state index contributed by atoms with van der Waals surface area (Å²) in [6.07, 6.45) is 3.94. The molecule has 6 heteroatoms. The van der Waals surface area contributed by atoms with E-state index in [1.165, 1.54) is 5.56 Å². The zero-order valence-electron chi connectivity index (χ0n) is 16.6. The molecule has 0 saturated carbocycles. The van der Waals surface area contributed by atoms with Gasteiger partial charge in [-0.25, -0.2) is 9.97 Å². The van der Waals surface area contributed by atoms with Crippen LogP contribution < -0.4 is 15.1 Å². The van der Waals surface area contributed by atoms with E-state index in [0.717, 1.165) is 49.1 Å². The van der Waals surface area contributed by atoms with Gasteiger partial charge in [0.15, 0.2) is 0 Å². The van der Waals surface area contributed by atoms with Gasteiger partial charge in [-0.05, 0) is 42.8 Å². The summed E-state index contributed by atoms with van der Waals surface area (Å²) in [5.41, 5.74) is 4.20. The molecule has 0 atom stereocenters. The maximum atomic E-state index is 12.3. The molecule has 1 aromatic heterocycles. The first-order valence-electron chi connectivity index (χ1n) is 9.90. The van der Waals surface area contributed by atoms with Gasteiger partial charge in [-0.3, -0.25) is 4.79 Å². The number of benzene rings is 2. The van der Waals surface area contributed by atoms with Gasteiger partial charge < -0.3 is 15.1 Å². The fourth-order valence-electron chi connectivity index (χ4n) is 3.47. The van der Waals surface area contributed by atoms with E-state index < -0.39 is 0 Å². The summed E-state index contributed by atoms with van der Waals surface area (Å²) in [5.74, 6) is 0.789. The second-order valence-electron chi connectivity index (χ2n) is 7.28. The van der Waals surface area contributed by atoms with Crippen molar-refractivity contribution in [3.63, 3.8) is 0 Å². The molecule has 0 radical (unpaired) electrons. The van der Waals surface area contributed by atoms with E-state index in [1.807, 2.05) is 49.4 Å². The van der Waals surface area contributed by atoms with Crippen molar-refractivity contribution < 1.29 is 4.79 Å². The number of hydrogen-bond acceptors (Lipinski definition) is 5. The van der Waals surface area contributed by atoms with Crippen LogP contribution in [0.3, 0.4) is 0 Å². The zero-order chi connectivity index (χ0) is 20.1. The first kappa shape index (κ1) is 18.9. The van der Waals surface area contributed by atoms with E-state index in [4.69, 9.17) is 0 Å². The van der Waals surface area contributed by atoms with Crippen LogP contribution in [0.2, 0.25) is 0 Å². The number of anilines is 3. The number of carbonyl (C=O) groups excluding carboxylic acids is 1. The minimum absolute atomic E-state index is 0.00178. The smallest absolute Gasteiger partial charge is 0.228 e. The lowest BCUT2D eigenvalue weighted by molar-refractivity contribution is -0.115.